The summed E-state index contributed by atoms with van der Waals surface area (Å²) < 4.78 is 12.9. The van der Waals surface area contributed by atoms with Crippen molar-refractivity contribution in [1.29, 1.82) is 0 Å². The number of nitrogens with one attached hydrogen (secondary N) is 1. The Morgan fingerprint density at radius 2 is 1.56 bits per heavy atom. The number of nitrogens with zero attached hydrogens (tertiary/aromatic N) is 1. The van der Waals surface area contributed by atoms with Gasteiger partial charge in [-0.15, -0.1) is 0 Å². The summed E-state index contributed by atoms with van der Waals surface area (Å²) in [5.41, 5.74) is 2.39. The van der Waals surface area contributed by atoms with E-state index in [9.17, 15) is 14.0 Å². The number of hydrogen-bond donors (Lipinski definition) is 1. The molecule has 142 valence electrons. The maximum absolute atomic E-state index is 12.9. The van der Waals surface area contributed by atoms with Crippen LogP contribution in [0.25, 0.3) is 0 Å². The van der Waals surface area contributed by atoms with Gasteiger partial charge in [-0.3, -0.25) is 14.5 Å². The van der Waals surface area contributed by atoms with Crippen LogP contribution in [0.15, 0.2) is 48.5 Å². The van der Waals surface area contributed by atoms with E-state index in [1.165, 1.54) is 49.1 Å². The number of amides is 1. The molecule has 1 fully saturated rings. The molecule has 0 radical (unpaired) electrons. The van der Waals surface area contributed by atoms with Crippen molar-refractivity contribution >= 4 is 17.4 Å². The van der Waals surface area contributed by atoms with Crippen molar-refractivity contribution in [2.45, 2.75) is 38.6 Å². The molecular weight excluding hydrogens is 343 g/mol. The lowest BCUT2D eigenvalue weighted by molar-refractivity contribution is -0.116. The van der Waals surface area contributed by atoms with Crippen molar-refractivity contribution < 1.29 is 14.0 Å². The molecule has 0 aromatic heterocycles. The number of likely N-dealkylation sites (tertiary alicyclic amines) is 1. The van der Waals surface area contributed by atoms with Crippen molar-refractivity contribution in [2.24, 2.45) is 0 Å². The Kier molecular flexibility index (Phi) is 6.71. The first-order valence-corrected chi connectivity index (χ1v) is 9.50. The molecule has 1 N–H and O–H groups in total. The molecule has 1 aliphatic heterocycles. The van der Waals surface area contributed by atoms with Crippen LogP contribution in [0, 0.1) is 5.82 Å². The van der Waals surface area contributed by atoms with Crippen LogP contribution in [0.1, 0.15) is 48.0 Å². The number of carbonyl (C=O) groups excluding carboxylic acids is 2. The highest BCUT2D eigenvalue weighted by Gasteiger charge is 2.12. The third kappa shape index (κ3) is 6.00. The smallest absolute Gasteiger partial charge is 0.224 e. The van der Waals surface area contributed by atoms with Crippen LogP contribution >= 0.6 is 0 Å². The Morgan fingerprint density at radius 3 is 2.22 bits per heavy atom. The van der Waals surface area contributed by atoms with Crippen molar-refractivity contribution in [3.05, 3.63) is 65.5 Å². The fraction of sp³-hybridized carbons (Fsp3) is 0.364. The number of rotatable bonds is 7. The number of halogens is 1. The minimum absolute atomic E-state index is 0.102. The molecule has 3 rings (SSSR count). The zero-order valence-electron chi connectivity index (χ0n) is 15.4. The Bertz CT molecular complexity index is 766. The zero-order valence-corrected chi connectivity index (χ0v) is 15.4. The maximum Gasteiger partial charge on any atom is 0.224 e. The second-order valence-corrected chi connectivity index (χ2v) is 7.01. The predicted octanol–water partition coefficient (Wildman–Crippen LogP) is 4.41. The summed E-state index contributed by atoms with van der Waals surface area (Å²) in [6.45, 7) is 3.25. The van der Waals surface area contributed by atoms with Crippen LogP contribution in [0.3, 0.4) is 0 Å². The molecule has 2 aromatic rings. The van der Waals surface area contributed by atoms with Gasteiger partial charge in [-0.05, 0) is 67.9 Å². The van der Waals surface area contributed by atoms with Crippen LogP contribution < -0.4 is 5.32 Å². The average molecular weight is 368 g/mol. The number of anilines is 1. The summed E-state index contributed by atoms with van der Waals surface area (Å²) in [7, 11) is 0. The highest BCUT2D eigenvalue weighted by Crippen LogP contribution is 2.16. The third-order valence-corrected chi connectivity index (χ3v) is 4.84. The van der Waals surface area contributed by atoms with E-state index in [1.54, 1.807) is 0 Å². The monoisotopic (exact) mass is 368 g/mol. The van der Waals surface area contributed by atoms with Gasteiger partial charge in [0.15, 0.2) is 5.78 Å². The van der Waals surface area contributed by atoms with E-state index in [1.807, 2.05) is 24.3 Å². The molecule has 1 saturated heterocycles. The van der Waals surface area contributed by atoms with Gasteiger partial charge in [0.2, 0.25) is 5.91 Å². The number of carbonyl (C=O) groups is 2. The molecule has 5 heteroatoms. The highest BCUT2D eigenvalue weighted by atomic mass is 19.1. The molecule has 0 saturated carbocycles. The molecule has 4 nitrogen and oxygen atoms in total. The predicted molar refractivity (Wildman–Crippen MR) is 104 cm³/mol. The zero-order chi connectivity index (χ0) is 19.1. The molecule has 2 aromatic carbocycles. The number of ketones is 1. The fourth-order valence-corrected chi connectivity index (χ4v) is 3.30. The van der Waals surface area contributed by atoms with Crippen molar-refractivity contribution in [3.8, 4) is 0 Å². The number of hydrogen-bond acceptors (Lipinski definition) is 3. The van der Waals surface area contributed by atoms with Crippen LogP contribution in [0.4, 0.5) is 10.1 Å². The minimum Gasteiger partial charge on any atom is -0.326 e. The standard InChI is InChI=1S/C22H25FN2O2/c23-19-8-6-18(7-9-19)21(26)12-13-22(27)24-20-10-4-17(5-11-20)16-25-14-2-1-3-15-25/h4-11H,1-3,12-16H2,(H,24,27). The van der Waals surface area contributed by atoms with Gasteiger partial charge in [0.1, 0.15) is 5.82 Å². The molecular formula is C22H25FN2O2. The summed E-state index contributed by atoms with van der Waals surface area (Å²) in [5.74, 6) is -0.746. The Morgan fingerprint density at radius 1 is 0.889 bits per heavy atom. The van der Waals surface area contributed by atoms with E-state index >= 15 is 0 Å². The maximum atomic E-state index is 12.9. The lowest BCUT2D eigenvalue weighted by Crippen LogP contribution is -2.29. The van der Waals surface area contributed by atoms with Crippen LogP contribution in [0.5, 0.6) is 0 Å². The lowest BCUT2D eigenvalue weighted by atomic mass is 10.1. The number of piperidine rings is 1. The van der Waals surface area contributed by atoms with Gasteiger partial charge in [0.25, 0.3) is 0 Å². The van der Waals surface area contributed by atoms with Gasteiger partial charge in [-0.2, -0.15) is 0 Å². The van der Waals surface area contributed by atoms with E-state index < -0.39 is 0 Å². The van der Waals surface area contributed by atoms with Gasteiger partial charge in [0, 0.05) is 30.6 Å². The summed E-state index contributed by atoms with van der Waals surface area (Å²) in [4.78, 5) is 26.6. The second kappa shape index (κ2) is 9.42. The van der Waals surface area contributed by atoms with Gasteiger partial charge in [-0.1, -0.05) is 18.6 Å². The van der Waals surface area contributed by atoms with Gasteiger partial charge < -0.3 is 5.32 Å². The van der Waals surface area contributed by atoms with Crippen LogP contribution in [0.2, 0.25) is 0 Å². The van der Waals surface area contributed by atoms with Crippen molar-refractivity contribution in [3.63, 3.8) is 0 Å². The molecule has 0 unspecified atom stereocenters. The van der Waals surface area contributed by atoms with E-state index in [0.717, 1.165) is 25.3 Å². The Hall–Kier alpha value is -2.53. The van der Waals surface area contributed by atoms with Gasteiger partial charge >= 0.3 is 0 Å². The summed E-state index contributed by atoms with van der Waals surface area (Å²) in [6.07, 6.45) is 4.07. The third-order valence-electron chi connectivity index (χ3n) is 4.84. The topological polar surface area (TPSA) is 49.4 Å². The molecule has 0 atom stereocenters. The highest BCUT2D eigenvalue weighted by molar-refractivity contribution is 5.99. The van der Waals surface area contributed by atoms with Gasteiger partial charge in [-0.25, -0.2) is 4.39 Å². The quantitative estimate of drug-likeness (QED) is 0.737. The minimum atomic E-state index is -0.381. The van der Waals surface area contributed by atoms with E-state index in [-0.39, 0.29) is 30.3 Å². The molecule has 1 heterocycles. The lowest BCUT2D eigenvalue weighted by Gasteiger charge is -2.26. The van der Waals surface area contributed by atoms with Gasteiger partial charge in [0.05, 0.1) is 0 Å². The molecule has 27 heavy (non-hydrogen) atoms. The summed E-state index contributed by atoms with van der Waals surface area (Å²) in [6, 6.07) is 13.3. The van der Waals surface area contributed by atoms with E-state index in [2.05, 4.69) is 10.2 Å². The Balaban J connectivity index is 1.44. The first-order chi connectivity index (χ1) is 13.1. The molecule has 1 amide bonds. The van der Waals surface area contributed by atoms with Crippen LogP contribution in [-0.2, 0) is 11.3 Å². The van der Waals surface area contributed by atoms with E-state index in [4.69, 9.17) is 0 Å². The first-order valence-electron chi connectivity index (χ1n) is 9.50. The van der Waals surface area contributed by atoms with Crippen molar-refractivity contribution in [2.75, 3.05) is 18.4 Å². The van der Waals surface area contributed by atoms with Crippen LogP contribution in [-0.4, -0.2) is 29.7 Å². The fourth-order valence-electron chi connectivity index (χ4n) is 3.30. The summed E-state index contributed by atoms with van der Waals surface area (Å²) >= 11 is 0. The van der Waals surface area contributed by atoms with Crippen molar-refractivity contribution in [1.82, 2.24) is 4.90 Å². The summed E-state index contributed by atoms with van der Waals surface area (Å²) in [5, 5.41) is 2.82. The molecule has 0 aliphatic carbocycles. The largest absolute Gasteiger partial charge is 0.326 e. The first kappa shape index (κ1) is 19.2. The van der Waals surface area contributed by atoms with E-state index in [0.29, 0.717) is 5.56 Å². The molecule has 1 aliphatic rings. The SMILES string of the molecule is O=C(CCC(=O)c1ccc(F)cc1)Nc1ccc(CN2CCCCC2)cc1. The Labute approximate surface area is 159 Å². The second-order valence-electron chi connectivity index (χ2n) is 7.01. The number of benzene rings is 2. The average Bonchev–Trinajstić information content (AvgIpc) is 2.69. The molecule has 0 spiro atoms. The number of Topliss-reactive ketones (excluding diaryl/α,β-unsaturated/α-hetero) is 1. The molecule has 0 bridgehead atoms. The normalized spacial score (nSPS) is 14.7.